The minimum absolute atomic E-state index is 0.0689. The summed E-state index contributed by atoms with van der Waals surface area (Å²) in [5.74, 6) is -1.68. The van der Waals surface area contributed by atoms with E-state index in [9.17, 15) is 14.7 Å². The molecule has 0 aromatic heterocycles. The van der Waals surface area contributed by atoms with Gasteiger partial charge in [0.05, 0.1) is 27.6 Å². The van der Waals surface area contributed by atoms with E-state index in [1.54, 1.807) is 6.08 Å². The van der Waals surface area contributed by atoms with Crippen LogP contribution in [-0.2, 0) is 9.59 Å². The first-order valence-electron chi connectivity index (χ1n) is 8.56. The fourth-order valence-corrected chi connectivity index (χ4v) is 2.64. The van der Waals surface area contributed by atoms with Crippen LogP contribution in [0.5, 0.6) is 0 Å². The average Bonchev–Trinajstić information content (AvgIpc) is 2.38. The number of carboxylic acids is 1. The predicted octanol–water partition coefficient (Wildman–Crippen LogP) is 2.77. The standard InChI is InChI=1S/C18H33NO4/c1-5-6-7-8-9-10-11-12-13-16(20)18(23,14-17(21)22)15-19(2,3)4/h12-13,23H,5-11,14-15H2,1-4H3/p+1/b13-12+. The van der Waals surface area contributed by atoms with Crippen molar-refractivity contribution in [2.75, 3.05) is 27.7 Å². The highest BCUT2D eigenvalue weighted by Gasteiger charge is 2.41. The van der Waals surface area contributed by atoms with Gasteiger partial charge in [0.15, 0.2) is 11.4 Å². The van der Waals surface area contributed by atoms with Gasteiger partial charge in [-0.2, -0.15) is 0 Å². The summed E-state index contributed by atoms with van der Waals surface area (Å²) >= 11 is 0. The second-order valence-electron chi connectivity index (χ2n) is 7.37. The van der Waals surface area contributed by atoms with Gasteiger partial charge >= 0.3 is 5.97 Å². The second-order valence-corrected chi connectivity index (χ2v) is 7.37. The number of hydrogen-bond acceptors (Lipinski definition) is 3. The molecule has 2 N–H and O–H groups in total. The topological polar surface area (TPSA) is 74.6 Å². The van der Waals surface area contributed by atoms with Crippen molar-refractivity contribution in [1.82, 2.24) is 0 Å². The van der Waals surface area contributed by atoms with E-state index < -0.39 is 23.8 Å². The van der Waals surface area contributed by atoms with E-state index in [4.69, 9.17) is 5.11 Å². The number of aliphatic hydroxyl groups is 1. The number of carbonyl (C=O) groups excluding carboxylic acids is 1. The number of rotatable bonds is 13. The zero-order valence-electron chi connectivity index (χ0n) is 15.2. The first kappa shape index (κ1) is 21.8. The lowest BCUT2D eigenvalue weighted by Crippen LogP contribution is -2.54. The summed E-state index contributed by atoms with van der Waals surface area (Å²) in [6.07, 6.45) is 10.4. The minimum Gasteiger partial charge on any atom is -0.481 e. The van der Waals surface area contributed by atoms with Crippen molar-refractivity contribution < 1.29 is 24.3 Å². The zero-order chi connectivity index (χ0) is 17.9. The molecule has 134 valence electrons. The number of ketones is 1. The summed E-state index contributed by atoms with van der Waals surface area (Å²) in [4.78, 5) is 23.2. The maximum atomic E-state index is 12.2. The number of hydrogen-bond donors (Lipinski definition) is 2. The number of quaternary nitrogens is 1. The molecule has 0 aromatic carbocycles. The largest absolute Gasteiger partial charge is 0.481 e. The molecule has 0 saturated carbocycles. The van der Waals surface area contributed by atoms with Gasteiger partial charge in [-0.25, -0.2) is 0 Å². The van der Waals surface area contributed by atoms with Crippen LogP contribution in [0.2, 0.25) is 0 Å². The van der Waals surface area contributed by atoms with Crippen LogP contribution >= 0.6 is 0 Å². The Kier molecular flexibility index (Phi) is 10.0. The summed E-state index contributed by atoms with van der Waals surface area (Å²) < 4.78 is 0.320. The zero-order valence-corrected chi connectivity index (χ0v) is 15.2. The van der Waals surface area contributed by atoms with Crippen molar-refractivity contribution in [2.45, 2.75) is 63.9 Å². The van der Waals surface area contributed by atoms with Gasteiger partial charge in [0, 0.05) is 0 Å². The SMILES string of the molecule is CCCCCCCC/C=C/C(=O)C(O)(CC(=O)O)C[N+](C)(C)C. The van der Waals surface area contributed by atoms with Crippen molar-refractivity contribution in [3.8, 4) is 0 Å². The van der Waals surface area contributed by atoms with Crippen molar-refractivity contribution in [1.29, 1.82) is 0 Å². The monoisotopic (exact) mass is 328 g/mol. The highest BCUT2D eigenvalue weighted by Crippen LogP contribution is 2.17. The summed E-state index contributed by atoms with van der Waals surface area (Å²) in [5, 5.41) is 19.5. The van der Waals surface area contributed by atoms with Gasteiger partial charge in [-0.3, -0.25) is 9.59 Å². The number of carboxylic acid groups (broad SMARTS) is 1. The van der Waals surface area contributed by atoms with E-state index in [1.807, 2.05) is 21.1 Å². The Bertz CT molecular complexity index is 398. The van der Waals surface area contributed by atoms with Crippen LogP contribution in [0, 0.1) is 0 Å². The van der Waals surface area contributed by atoms with Gasteiger partial charge in [0.25, 0.3) is 0 Å². The molecule has 0 aliphatic carbocycles. The van der Waals surface area contributed by atoms with Crippen LogP contribution in [0.25, 0.3) is 0 Å². The van der Waals surface area contributed by atoms with Gasteiger partial charge in [0.2, 0.25) is 0 Å². The molecular weight excluding hydrogens is 294 g/mol. The number of likely N-dealkylation sites (N-methyl/N-ethyl adjacent to an activating group) is 1. The van der Waals surface area contributed by atoms with E-state index in [2.05, 4.69) is 6.92 Å². The Balaban J connectivity index is 4.43. The molecule has 0 rings (SSSR count). The van der Waals surface area contributed by atoms with Crippen LogP contribution in [0.3, 0.4) is 0 Å². The van der Waals surface area contributed by atoms with Gasteiger partial charge in [-0.15, -0.1) is 0 Å². The fraction of sp³-hybridized carbons (Fsp3) is 0.778. The Hall–Kier alpha value is -1.20. The highest BCUT2D eigenvalue weighted by atomic mass is 16.4. The molecule has 0 aliphatic rings. The number of allylic oxidation sites excluding steroid dienone is 1. The molecule has 0 saturated heterocycles. The molecule has 5 heteroatoms. The molecule has 0 heterocycles. The maximum absolute atomic E-state index is 12.2. The number of aliphatic carboxylic acids is 1. The van der Waals surface area contributed by atoms with E-state index in [0.29, 0.717) is 4.48 Å². The lowest BCUT2D eigenvalue weighted by Gasteiger charge is -2.33. The van der Waals surface area contributed by atoms with Gasteiger partial charge < -0.3 is 14.7 Å². The summed E-state index contributed by atoms with van der Waals surface area (Å²) in [6, 6.07) is 0. The van der Waals surface area contributed by atoms with Crippen molar-refractivity contribution >= 4 is 11.8 Å². The molecule has 23 heavy (non-hydrogen) atoms. The molecule has 0 bridgehead atoms. The number of unbranched alkanes of at least 4 members (excludes halogenated alkanes) is 6. The van der Waals surface area contributed by atoms with E-state index in [0.717, 1.165) is 19.3 Å². The van der Waals surface area contributed by atoms with Crippen molar-refractivity contribution in [3.05, 3.63) is 12.2 Å². The molecule has 0 aromatic rings. The van der Waals surface area contributed by atoms with E-state index in [-0.39, 0.29) is 6.54 Å². The number of carbonyl (C=O) groups is 2. The van der Waals surface area contributed by atoms with Gasteiger partial charge in [-0.05, 0) is 18.9 Å². The maximum Gasteiger partial charge on any atom is 0.307 e. The van der Waals surface area contributed by atoms with Crippen LogP contribution < -0.4 is 0 Å². The first-order valence-corrected chi connectivity index (χ1v) is 8.56. The van der Waals surface area contributed by atoms with Crippen LogP contribution in [0.1, 0.15) is 58.3 Å². The normalized spacial score (nSPS) is 14.8. The Morgan fingerprint density at radius 2 is 1.61 bits per heavy atom. The summed E-state index contributed by atoms with van der Waals surface area (Å²) in [7, 11) is 5.46. The third-order valence-corrected chi connectivity index (χ3v) is 3.63. The molecule has 0 amide bonds. The molecular formula is C18H34NO4+. The highest BCUT2D eigenvalue weighted by molar-refractivity contribution is 5.99. The molecule has 0 spiro atoms. The minimum atomic E-state index is -1.85. The molecule has 0 radical (unpaired) electrons. The lowest BCUT2D eigenvalue weighted by atomic mass is 9.92. The van der Waals surface area contributed by atoms with Crippen LogP contribution in [0.4, 0.5) is 0 Å². The summed E-state index contributed by atoms with van der Waals surface area (Å²) in [5.41, 5.74) is -1.85. The van der Waals surface area contributed by atoms with Gasteiger partial charge in [-0.1, -0.05) is 45.1 Å². The Labute approximate surface area is 140 Å². The fourth-order valence-electron chi connectivity index (χ4n) is 2.64. The van der Waals surface area contributed by atoms with Crippen molar-refractivity contribution in [2.24, 2.45) is 0 Å². The molecule has 0 aliphatic heterocycles. The number of nitrogens with zero attached hydrogens (tertiary/aromatic N) is 1. The average molecular weight is 328 g/mol. The van der Waals surface area contributed by atoms with Gasteiger partial charge in [0.1, 0.15) is 6.54 Å². The molecule has 1 atom stereocenters. The molecule has 1 unspecified atom stereocenters. The smallest absolute Gasteiger partial charge is 0.307 e. The van der Waals surface area contributed by atoms with E-state index in [1.165, 1.54) is 31.8 Å². The Morgan fingerprint density at radius 3 is 2.13 bits per heavy atom. The quantitative estimate of drug-likeness (QED) is 0.310. The third-order valence-electron chi connectivity index (χ3n) is 3.63. The lowest BCUT2D eigenvalue weighted by molar-refractivity contribution is -0.875. The summed E-state index contributed by atoms with van der Waals surface area (Å²) in [6.45, 7) is 2.25. The predicted molar refractivity (Wildman–Crippen MR) is 92.2 cm³/mol. The molecule has 5 nitrogen and oxygen atoms in total. The Morgan fingerprint density at radius 1 is 1.04 bits per heavy atom. The van der Waals surface area contributed by atoms with Crippen LogP contribution in [-0.4, -0.2) is 59.7 Å². The third kappa shape index (κ3) is 11.0. The first-order chi connectivity index (χ1) is 10.6. The second kappa shape index (κ2) is 10.6. The van der Waals surface area contributed by atoms with Crippen molar-refractivity contribution in [3.63, 3.8) is 0 Å². The van der Waals surface area contributed by atoms with E-state index >= 15 is 0 Å². The molecule has 0 fully saturated rings. The van der Waals surface area contributed by atoms with Crippen LogP contribution in [0.15, 0.2) is 12.2 Å².